The summed E-state index contributed by atoms with van der Waals surface area (Å²) in [5.74, 6) is 0.680. The lowest BCUT2D eigenvalue weighted by molar-refractivity contribution is 0.222. The molecular weight excluding hydrogens is 222 g/mol. The van der Waals surface area contributed by atoms with Crippen LogP contribution in [0.3, 0.4) is 0 Å². The van der Waals surface area contributed by atoms with E-state index in [9.17, 15) is 8.42 Å². The van der Waals surface area contributed by atoms with Gasteiger partial charge in [-0.1, -0.05) is 34.6 Å². The molecule has 0 amide bonds. The van der Waals surface area contributed by atoms with Crippen molar-refractivity contribution in [2.24, 2.45) is 11.3 Å². The summed E-state index contributed by atoms with van der Waals surface area (Å²) < 4.78 is 22.4. The molecule has 1 N–H and O–H groups in total. The Bertz CT molecular complexity index is 289. The van der Waals surface area contributed by atoms with Crippen LogP contribution in [0.2, 0.25) is 0 Å². The molecule has 3 nitrogen and oxygen atoms in total. The van der Waals surface area contributed by atoms with Crippen molar-refractivity contribution in [1.29, 1.82) is 0 Å². The van der Waals surface area contributed by atoms with E-state index < -0.39 is 9.84 Å². The van der Waals surface area contributed by atoms with Crippen molar-refractivity contribution >= 4 is 9.84 Å². The van der Waals surface area contributed by atoms with Crippen molar-refractivity contribution in [3.8, 4) is 0 Å². The van der Waals surface area contributed by atoms with Crippen LogP contribution in [-0.2, 0) is 9.84 Å². The number of hydrogen-bond donors (Lipinski definition) is 1. The second-order valence-corrected chi connectivity index (χ2v) is 8.30. The Kier molecular flexibility index (Phi) is 5.98. The fourth-order valence-electron chi connectivity index (χ4n) is 1.58. The predicted molar refractivity (Wildman–Crippen MR) is 70.4 cm³/mol. The minimum absolute atomic E-state index is 0.145. The Hall–Kier alpha value is -0.0900. The van der Waals surface area contributed by atoms with Crippen LogP contribution in [0.5, 0.6) is 0 Å². The Labute approximate surface area is 101 Å². The minimum atomic E-state index is -2.85. The number of hydrogen-bond acceptors (Lipinski definition) is 3. The number of sulfone groups is 1. The summed E-state index contributed by atoms with van der Waals surface area (Å²) in [4.78, 5) is 0. The molecule has 0 aliphatic heterocycles. The van der Waals surface area contributed by atoms with Crippen molar-refractivity contribution in [2.45, 2.75) is 47.1 Å². The predicted octanol–water partition coefficient (Wildman–Crippen LogP) is 2.08. The van der Waals surface area contributed by atoms with Crippen LogP contribution >= 0.6 is 0 Å². The lowest BCUT2D eigenvalue weighted by Crippen LogP contribution is -2.36. The van der Waals surface area contributed by atoms with Gasteiger partial charge in [0.15, 0.2) is 0 Å². The van der Waals surface area contributed by atoms with Gasteiger partial charge in [0.1, 0.15) is 9.84 Å². The van der Waals surface area contributed by atoms with E-state index in [4.69, 9.17) is 0 Å². The average Bonchev–Trinajstić information content (AvgIpc) is 1.98. The topological polar surface area (TPSA) is 46.2 Å². The highest BCUT2D eigenvalue weighted by atomic mass is 32.2. The molecule has 0 bridgehead atoms. The number of rotatable bonds is 6. The molecule has 0 radical (unpaired) electrons. The first-order valence-corrected chi connectivity index (χ1v) is 7.99. The van der Waals surface area contributed by atoms with Gasteiger partial charge in [-0.05, 0) is 24.3 Å². The van der Waals surface area contributed by atoms with E-state index in [0.717, 1.165) is 13.0 Å². The van der Waals surface area contributed by atoms with Gasteiger partial charge in [0.25, 0.3) is 0 Å². The summed E-state index contributed by atoms with van der Waals surface area (Å²) >= 11 is 0. The molecule has 0 aromatic carbocycles. The highest BCUT2D eigenvalue weighted by Crippen LogP contribution is 2.28. The zero-order valence-electron chi connectivity index (χ0n) is 11.5. The second kappa shape index (κ2) is 6.01. The molecule has 0 spiro atoms. The molecule has 0 aliphatic rings. The van der Waals surface area contributed by atoms with Crippen LogP contribution < -0.4 is 5.32 Å². The van der Waals surface area contributed by atoms with E-state index >= 15 is 0 Å². The van der Waals surface area contributed by atoms with Crippen LogP contribution in [0.25, 0.3) is 0 Å². The SMILES string of the molecule is CC(C)NCC(CCS(C)(=O)=O)C(C)(C)C. The van der Waals surface area contributed by atoms with Gasteiger partial charge in [0, 0.05) is 12.3 Å². The molecule has 1 atom stereocenters. The molecule has 0 aromatic heterocycles. The first kappa shape index (κ1) is 15.9. The third kappa shape index (κ3) is 8.11. The van der Waals surface area contributed by atoms with Crippen molar-refractivity contribution in [3.63, 3.8) is 0 Å². The lowest BCUT2D eigenvalue weighted by Gasteiger charge is -2.31. The third-order valence-electron chi connectivity index (χ3n) is 2.83. The summed E-state index contributed by atoms with van der Waals surface area (Å²) in [5.41, 5.74) is 0.145. The summed E-state index contributed by atoms with van der Waals surface area (Å²) in [7, 11) is -2.85. The Morgan fingerprint density at radius 3 is 2.00 bits per heavy atom. The lowest BCUT2D eigenvalue weighted by atomic mass is 9.79. The van der Waals surface area contributed by atoms with Gasteiger partial charge in [-0.2, -0.15) is 0 Å². The van der Waals surface area contributed by atoms with Gasteiger partial charge in [-0.3, -0.25) is 0 Å². The van der Waals surface area contributed by atoms with Crippen LogP contribution in [0.1, 0.15) is 41.0 Å². The first-order valence-electron chi connectivity index (χ1n) is 5.93. The van der Waals surface area contributed by atoms with Crippen LogP contribution in [-0.4, -0.2) is 33.0 Å². The van der Waals surface area contributed by atoms with Crippen LogP contribution in [0, 0.1) is 11.3 Å². The van der Waals surface area contributed by atoms with Crippen molar-refractivity contribution < 1.29 is 8.42 Å². The summed E-state index contributed by atoms with van der Waals surface area (Å²) in [5, 5.41) is 3.39. The maximum Gasteiger partial charge on any atom is 0.147 e. The van der Waals surface area contributed by atoms with Crippen molar-refractivity contribution in [1.82, 2.24) is 5.32 Å². The van der Waals surface area contributed by atoms with Crippen molar-refractivity contribution in [3.05, 3.63) is 0 Å². The van der Waals surface area contributed by atoms with Crippen molar-refractivity contribution in [2.75, 3.05) is 18.6 Å². The first-order chi connectivity index (χ1) is 7.02. The van der Waals surface area contributed by atoms with Gasteiger partial charge in [-0.25, -0.2) is 8.42 Å². The molecule has 0 aliphatic carbocycles. The molecule has 4 heteroatoms. The van der Waals surface area contributed by atoms with Gasteiger partial charge in [0.2, 0.25) is 0 Å². The molecule has 0 aromatic rings. The van der Waals surface area contributed by atoms with E-state index in [1.807, 2.05) is 0 Å². The maximum atomic E-state index is 11.2. The highest BCUT2D eigenvalue weighted by molar-refractivity contribution is 7.90. The van der Waals surface area contributed by atoms with E-state index in [1.54, 1.807) is 0 Å². The second-order valence-electron chi connectivity index (χ2n) is 6.04. The number of nitrogens with one attached hydrogen (secondary N) is 1. The molecule has 98 valence electrons. The molecular formula is C12H27NO2S. The van der Waals surface area contributed by atoms with Crippen LogP contribution in [0.15, 0.2) is 0 Å². The quantitative estimate of drug-likeness (QED) is 0.784. The van der Waals surface area contributed by atoms with Gasteiger partial charge < -0.3 is 5.32 Å². The van der Waals surface area contributed by atoms with Gasteiger partial charge in [-0.15, -0.1) is 0 Å². The largest absolute Gasteiger partial charge is 0.314 e. The molecule has 0 fully saturated rings. The Morgan fingerprint density at radius 2 is 1.69 bits per heavy atom. The average molecular weight is 249 g/mol. The normalized spacial score (nSPS) is 15.4. The molecule has 0 heterocycles. The summed E-state index contributed by atoms with van der Waals surface area (Å²) in [6, 6.07) is 0.447. The van der Waals surface area contributed by atoms with E-state index in [-0.39, 0.29) is 11.2 Å². The molecule has 0 rings (SSSR count). The molecule has 0 saturated carbocycles. The third-order valence-corrected chi connectivity index (χ3v) is 3.81. The Morgan fingerprint density at radius 1 is 1.19 bits per heavy atom. The Balaban J connectivity index is 4.34. The van der Waals surface area contributed by atoms with Gasteiger partial charge >= 0.3 is 0 Å². The highest BCUT2D eigenvalue weighted by Gasteiger charge is 2.25. The molecule has 0 saturated heterocycles. The fraction of sp³-hybridized carbons (Fsp3) is 1.00. The standard InChI is InChI=1S/C12H27NO2S/c1-10(2)13-9-11(12(3,4)5)7-8-16(6,14)15/h10-11,13H,7-9H2,1-6H3. The van der Waals surface area contributed by atoms with E-state index in [0.29, 0.717) is 12.0 Å². The maximum absolute atomic E-state index is 11.2. The smallest absolute Gasteiger partial charge is 0.147 e. The zero-order chi connectivity index (χ0) is 13.0. The summed E-state index contributed by atoms with van der Waals surface area (Å²) in [6.45, 7) is 11.6. The molecule has 1 unspecified atom stereocenters. The molecule has 16 heavy (non-hydrogen) atoms. The zero-order valence-corrected chi connectivity index (χ0v) is 12.3. The van der Waals surface area contributed by atoms with E-state index in [1.165, 1.54) is 6.26 Å². The fourth-order valence-corrected chi connectivity index (χ4v) is 2.29. The van der Waals surface area contributed by atoms with Crippen LogP contribution in [0.4, 0.5) is 0 Å². The summed E-state index contributed by atoms with van der Waals surface area (Å²) in [6.07, 6.45) is 2.05. The van der Waals surface area contributed by atoms with E-state index in [2.05, 4.69) is 39.9 Å². The minimum Gasteiger partial charge on any atom is -0.314 e. The monoisotopic (exact) mass is 249 g/mol. The van der Waals surface area contributed by atoms with Gasteiger partial charge in [0.05, 0.1) is 5.75 Å².